The standard InChI is InChI=1S/C14H16F2N2O/c15-12-4-1-5-13(16)11(12)6-7-14(19)18-8-2-3-10(18)9-17/h1,4-7,10H,2-3,8-9,17H2. The van der Waals surface area contributed by atoms with Gasteiger partial charge in [0.1, 0.15) is 11.6 Å². The van der Waals surface area contributed by atoms with Crippen LogP contribution in [0, 0.1) is 11.6 Å². The van der Waals surface area contributed by atoms with Crippen molar-refractivity contribution < 1.29 is 13.6 Å². The van der Waals surface area contributed by atoms with E-state index in [0.717, 1.165) is 25.0 Å². The van der Waals surface area contributed by atoms with Gasteiger partial charge in [-0.1, -0.05) is 6.07 Å². The highest BCUT2D eigenvalue weighted by atomic mass is 19.1. The summed E-state index contributed by atoms with van der Waals surface area (Å²) >= 11 is 0. The fourth-order valence-corrected chi connectivity index (χ4v) is 2.29. The summed E-state index contributed by atoms with van der Waals surface area (Å²) in [6.07, 6.45) is 4.17. The van der Waals surface area contributed by atoms with Gasteiger partial charge in [-0.05, 0) is 31.1 Å². The third-order valence-electron chi connectivity index (χ3n) is 3.32. The van der Waals surface area contributed by atoms with Crippen LogP contribution in [0.3, 0.4) is 0 Å². The van der Waals surface area contributed by atoms with E-state index in [1.807, 2.05) is 0 Å². The normalized spacial score (nSPS) is 19.3. The van der Waals surface area contributed by atoms with Crippen LogP contribution in [0.25, 0.3) is 6.08 Å². The topological polar surface area (TPSA) is 46.3 Å². The average molecular weight is 266 g/mol. The van der Waals surface area contributed by atoms with Gasteiger partial charge in [0, 0.05) is 30.8 Å². The summed E-state index contributed by atoms with van der Waals surface area (Å²) in [6, 6.07) is 3.63. The maximum Gasteiger partial charge on any atom is 0.246 e. The third-order valence-corrected chi connectivity index (χ3v) is 3.32. The molecular formula is C14H16F2N2O. The zero-order valence-corrected chi connectivity index (χ0v) is 10.5. The number of rotatable bonds is 3. The van der Waals surface area contributed by atoms with E-state index >= 15 is 0 Å². The van der Waals surface area contributed by atoms with Gasteiger partial charge in [0.15, 0.2) is 0 Å². The van der Waals surface area contributed by atoms with Crippen LogP contribution < -0.4 is 5.73 Å². The molecule has 102 valence electrons. The Bertz CT molecular complexity index is 482. The van der Waals surface area contributed by atoms with E-state index in [2.05, 4.69) is 0 Å². The molecular weight excluding hydrogens is 250 g/mol. The van der Waals surface area contributed by atoms with E-state index < -0.39 is 11.6 Å². The van der Waals surface area contributed by atoms with Crippen molar-refractivity contribution in [3.8, 4) is 0 Å². The maximum absolute atomic E-state index is 13.4. The Morgan fingerprint density at radius 1 is 1.42 bits per heavy atom. The van der Waals surface area contributed by atoms with Crippen molar-refractivity contribution in [1.82, 2.24) is 4.90 Å². The number of halogens is 2. The Hall–Kier alpha value is -1.75. The molecule has 0 aromatic heterocycles. The third kappa shape index (κ3) is 2.98. The molecule has 0 saturated carbocycles. The molecule has 1 aliphatic heterocycles. The summed E-state index contributed by atoms with van der Waals surface area (Å²) in [5.74, 6) is -1.61. The smallest absolute Gasteiger partial charge is 0.246 e. The summed E-state index contributed by atoms with van der Waals surface area (Å²) in [4.78, 5) is 13.6. The summed E-state index contributed by atoms with van der Waals surface area (Å²) in [5, 5.41) is 0. The largest absolute Gasteiger partial charge is 0.335 e. The number of benzene rings is 1. The fraction of sp³-hybridized carbons (Fsp3) is 0.357. The number of likely N-dealkylation sites (tertiary alicyclic amines) is 1. The molecule has 0 radical (unpaired) electrons. The average Bonchev–Trinajstić information content (AvgIpc) is 2.86. The molecule has 2 rings (SSSR count). The minimum atomic E-state index is -0.680. The van der Waals surface area contributed by atoms with Crippen LogP contribution in [0.15, 0.2) is 24.3 Å². The zero-order valence-electron chi connectivity index (χ0n) is 10.5. The van der Waals surface area contributed by atoms with Crippen LogP contribution in [0.1, 0.15) is 18.4 Å². The van der Waals surface area contributed by atoms with Gasteiger partial charge in [0.05, 0.1) is 0 Å². The van der Waals surface area contributed by atoms with E-state index in [0.29, 0.717) is 13.1 Å². The lowest BCUT2D eigenvalue weighted by atomic mass is 10.1. The molecule has 1 aliphatic rings. The van der Waals surface area contributed by atoms with Crippen LogP contribution in [-0.2, 0) is 4.79 Å². The van der Waals surface area contributed by atoms with Crippen LogP contribution >= 0.6 is 0 Å². The Morgan fingerprint density at radius 2 is 2.11 bits per heavy atom. The number of amides is 1. The van der Waals surface area contributed by atoms with Crippen LogP contribution in [0.2, 0.25) is 0 Å². The van der Waals surface area contributed by atoms with Crippen molar-refractivity contribution in [2.75, 3.05) is 13.1 Å². The number of carbonyl (C=O) groups is 1. The lowest BCUT2D eigenvalue weighted by molar-refractivity contribution is -0.126. The van der Waals surface area contributed by atoms with Gasteiger partial charge in [-0.25, -0.2) is 8.78 Å². The molecule has 19 heavy (non-hydrogen) atoms. The molecule has 1 fully saturated rings. The highest BCUT2D eigenvalue weighted by Gasteiger charge is 2.25. The highest BCUT2D eigenvalue weighted by molar-refractivity contribution is 5.92. The highest BCUT2D eigenvalue weighted by Crippen LogP contribution is 2.18. The zero-order chi connectivity index (χ0) is 13.8. The molecule has 3 nitrogen and oxygen atoms in total. The van der Waals surface area contributed by atoms with E-state index in [1.165, 1.54) is 18.2 Å². The molecule has 2 N–H and O–H groups in total. The van der Waals surface area contributed by atoms with Gasteiger partial charge in [-0.15, -0.1) is 0 Å². The van der Waals surface area contributed by atoms with Gasteiger partial charge in [-0.2, -0.15) is 0 Å². The summed E-state index contributed by atoms with van der Waals surface area (Å²) < 4.78 is 26.8. The molecule has 0 bridgehead atoms. The second kappa shape index (κ2) is 5.93. The molecule has 1 saturated heterocycles. The molecule has 1 atom stereocenters. The molecule has 1 heterocycles. The SMILES string of the molecule is NCC1CCCN1C(=O)C=Cc1c(F)cccc1F. The first-order valence-corrected chi connectivity index (χ1v) is 6.26. The Labute approximate surface area is 110 Å². The Morgan fingerprint density at radius 3 is 2.74 bits per heavy atom. The number of carbonyl (C=O) groups excluding carboxylic acids is 1. The van der Waals surface area contributed by atoms with Crippen LogP contribution in [0.4, 0.5) is 8.78 Å². The number of hydrogen-bond acceptors (Lipinski definition) is 2. The number of nitrogens with two attached hydrogens (primary N) is 1. The van der Waals surface area contributed by atoms with Gasteiger partial charge in [0.25, 0.3) is 0 Å². The van der Waals surface area contributed by atoms with Gasteiger partial charge < -0.3 is 10.6 Å². The number of nitrogens with zero attached hydrogens (tertiary/aromatic N) is 1. The second-order valence-electron chi connectivity index (χ2n) is 4.53. The molecule has 0 spiro atoms. The number of hydrogen-bond donors (Lipinski definition) is 1. The minimum absolute atomic E-state index is 0.0302. The van der Waals surface area contributed by atoms with Crippen molar-refractivity contribution in [3.05, 3.63) is 41.5 Å². The summed E-state index contributed by atoms with van der Waals surface area (Å²) in [7, 11) is 0. The molecule has 0 aliphatic carbocycles. The summed E-state index contributed by atoms with van der Waals surface area (Å²) in [5.41, 5.74) is 5.38. The molecule has 1 unspecified atom stereocenters. The fourth-order valence-electron chi connectivity index (χ4n) is 2.29. The van der Waals surface area contributed by atoms with Crippen molar-refractivity contribution in [1.29, 1.82) is 0 Å². The van der Waals surface area contributed by atoms with Crippen LogP contribution in [-0.4, -0.2) is 29.9 Å². The predicted octanol–water partition coefficient (Wildman–Crippen LogP) is 1.93. The first-order valence-electron chi connectivity index (χ1n) is 6.26. The minimum Gasteiger partial charge on any atom is -0.335 e. The first-order chi connectivity index (χ1) is 9.13. The van der Waals surface area contributed by atoms with E-state index in [9.17, 15) is 13.6 Å². The van der Waals surface area contributed by atoms with Gasteiger partial charge in [-0.3, -0.25) is 4.79 Å². The van der Waals surface area contributed by atoms with E-state index in [1.54, 1.807) is 4.90 Å². The predicted molar refractivity (Wildman–Crippen MR) is 69.2 cm³/mol. The Kier molecular flexibility index (Phi) is 4.27. The maximum atomic E-state index is 13.4. The first kappa shape index (κ1) is 13.7. The second-order valence-corrected chi connectivity index (χ2v) is 4.53. The van der Waals surface area contributed by atoms with Gasteiger partial charge >= 0.3 is 0 Å². The molecule has 1 aromatic rings. The van der Waals surface area contributed by atoms with Crippen molar-refractivity contribution in [2.24, 2.45) is 5.73 Å². The molecule has 5 heteroatoms. The summed E-state index contributed by atoms with van der Waals surface area (Å²) in [6.45, 7) is 1.05. The van der Waals surface area contributed by atoms with Crippen molar-refractivity contribution >= 4 is 12.0 Å². The Balaban J connectivity index is 2.12. The lowest BCUT2D eigenvalue weighted by Crippen LogP contribution is -2.38. The van der Waals surface area contributed by atoms with E-state index in [4.69, 9.17) is 5.73 Å². The van der Waals surface area contributed by atoms with Crippen LogP contribution in [0.5, 0.6) is 0 Å². The quantitative estimate of drug-likeness (QED) is 0.850. The lowest BCUT2D eigenvalue weighted by Gasteiger charge is -2.21. The monoisotopic (exact) mass is 266 g/mol. The molecule has 1 aromatic carbocycles. The van der Waals surface area contributed by atoms with E-state index in [-0.39, 0.29) is 17.5 Å². The van der Waals surface area contributed by atoms with Crippen molar-refractivity contribution in [3.63, 3.8) is 0 Å². The molecule has 1 amide bonds. The van der Waals surface area contributed by atoms with Crippen molar-refractivity contribution in [2.45, 2.75) is 18.9 Å². The van der Waals surface area contributed by atoms with Gasteiger partial charge in [0.2, 0.25) is 5.91 Å².